The first kappa shape index (κ1) is 19.5. The van der Waals surface area contributed by atoms with Crippen LogP contribution in [0.1, 0.15) is 33.3 Å². The van der Waals surface area contributed by atoms with Crippen LogP contribution >= 0.6 is 0 Å². The minimum atomic E-state index is -0.235. The Morgan fingerprint density at radius 2 is 1.65 bits per heavy atom. The van der Waals surface area contributed by atoms with Crippen LogP contribution in [0.25, 0.3) is 0 Å². The minimum Gasteiger partial charge on any atom is -0.483 e. The van der Waals surface area contributed by atoms with Crippen molar-refractivity contribution in [2.45, 2.75) is 33.1 Å². The summed E-state index contributed by atoms with van der Waals surface area (Å²) in [5.74, 6) is 0.433. The van der Waals surface area contributed by atoms with Gasteiger partial charge in [0, 0.05) is 25.3 Å². The molecule has 5 nitrogen and oxygen atoms in total. The lowest BCUT2D eigenvalue weighted by molar-refractivity contribution is -0.118. The molecule has 0 fully saturated rings. The normalized spacial score (nSPS) is 11.0. The molecule has 1 N–H and O–H groups in total. The van der Waals surface area contributed by atoms with E-state index in [1.54, 1.807) is 31.3 Å². The maximum Gasteiger partial charge on any atom is 0.262 e. The first-order valence-corrected chi connectivity index (χ1v) is 8.55. The molecule has 26 heavy (non-hydrogen) atoms. The van der Waals surface area contributed by atoms with Crippen LogP contribution in [0.2, 0.25) is 0 Å². The third-order valence-electron chi connectivity index (χ3n) is 4.06. The number of rotatable bonds is 5. The highest BCUT2D eigenvalue weighted by molar-refractivity contribution is 5.93. The largest absolute Gasteiger partial charge is 0.483 e. The van der Waals surface area contributed by atoms with E-state index in [4.69, 9.17) is 4.74 Å². The van der Waals surface area contributed by atoms with E-state index in [1.807, 2.05) is 24.3 Å². The number of nitrogens with zero attached hydrogens (tertiary/aromatic N) is 1. The number of hydrogen-bond acceptors (Lipinski definition) is 3. The number of carbonyl (C=O) groups is 2. The molecular formula is C21H26N2O3. The third kappa shape index (κ3) is 5.09. The van der Waals surface area contributed by atoms with Gasteiger partial charge in [-0.05, 0) is 41.3 Å². The molecule has 0 aliphatic carbocycles. The van der Waals surface area contributed by atoms with Crippen molar-refractivity contribution >= 4 is 23.2 Å². The van der Waals surface area contributed by atoms with Crippen molar-refractivity contribution in [3.05, 3.63) is 54.1 Å². The van der Waals surface area contributed by atoms with Crippen LogP contribution in [0.4, 0.5) is 11.4 Å². The van der Waals surface area contributed by atoms with E-state index < -0.39 is 0 Å². The second kappa shape index (κ2) is 8.04. The highest BCUT2D eigenvalue weighted by Gasteiger charge is 2.18. The van der Waals surface area contributed by atoms with Gasteiger partial charge in [0.05, 0.1) is 0 Å². The number of nitrogens with one attached hydrogen (secondary N) is 1. The van der Waals surface area contributed by atoms with Gasteiger partial charge < -0.3 is 15.0 Å². The molecule has 0 aliphatic heterocycles. The second-order valence-corrected chi connectivity index (χ2v) is 7.21. The molecule has 0 atom stereocenters. The van der Waals surface area contributed by atoms with Crippen molar-refractivity contribution < 1.29 is 14.3 Å². The Hall–Kier alpha value is -2.82. The van der Waals surface area contributed by atoms with Crippen LogP contribution in [0.5, 0.6) is 5.75 Å². The molecule has 0 aromatic heterocycles. The molecule has 0 saturated heterocycles. The summed E-state index contributed by atoms with van der Waals surface area (Å²) in [5, 5.41) is 2.80. The Balaban J connectivity index is 1.97. The number of amides is 2. The van der Waals surface area contributed by atoms with Gasteiger partial charge >= 0.3 is 0 Å². The van der Waals surface area contributed by atoms with Crippen molar-refractivity contribution in [1.29, 1.82) is 0 Å². The highest BCUT2D eigenvalue weighted by Crippen LogP contribution is 2.30. The third-order valence-corrected chi connectivity index (χ3v) is 4.06. The molecule has 2 aromatic rings. The number of benzene rings is 2. The molecule has 0 aliphatic rings. The molecule has 0 saturated carbocycles. The lowest BCUT2D eigenvalue weighted by atomic mass is 9.86. The minimum absolute atomic E-state index is 0.0484. The van der Waals surface area contributed by atoms with Crippen molar-refractivity contribution in [3.8, 4) is 5.75 Å². The first-order chi connectivity index (χ1) is 12.2. The van der Waals surface area contributed by atoms with Crippen molar-refractivity contribution in [1.82, 2.24) is 0 Å². The predicted molar refractivity (Wildman–Crippen MR) is 105 cm³/mol. The Bertz CT molecular complexity index is 777. The number of para-hydroxylation sites is 1. The maximum absolute atomic E-state index is 12.2. The smallest absolute Gasteiger partial charge is 0.262 e. The van der Waals surface area contributed by atoms with Crippen LogP contribution in [-0.2, 0) is 15.0 Å². The SMILES string of the molecule is CC(=O)N(C)c1ccc(NC(=O)COc2ccccc2C(C)(C)C)cc1. The topological polar surface area (TPSA) is 58.6 Å². The summed E-state index contributed by atoms with van der Waals surface area (Å²) in [6, 6.07) is 14.8. The molecule has 0 radical (unpaired) electrons. The van der Waals surface area contributed by atoms with Gasteiger partial charge in [-0.3, -0.25) is 9.59 Å². The van der Waals surface area contributed by atoms with Crippen molar-refractivity contribution in [3.63, 3.8) is 0 Å². The molecule has 5 heteroatoms. The van der Waals surface area contributed by atoms with Crippen LogP contribution in [-0.4, -0.2) is 25.5 Å². The summed E-state index contributed by atoms with van der Waals surface area (Å²) < 4.78 is 5.73. The number of hydrogen-bond donors (Lipinski definition) is 1. The summed E-state index contributed by atoms with van der Waals surface area (Å²) in [4.78, 5) is 25.1. The van der Waals surface area contributed by atoms with Crippen LogP contribution in [0.15, 0.2) is 48.5 Å². The monoisotopic (exact) mass is 354 g/mol. The van der Waals surface area contributed by atoms with Gasteiger partial charge in [0.1, 0.15) is 5.75 Å². The first-order valence-electron chi connectivity index (χ1n) is 8.55. The number of ether oxygens (including phenoxy) is 1. The van der Waals surface area contributed by atoms with Crippen LogP contribution < -0.4 is 15.0 Å². The Morgan fingerprint density at radius 3 is 2.23 bits per heavy atom. The molecule has 138 valence electrons. The fourth-order valence-corrected chi connectivity index (χ4v) is 2.50. The van der Waals surface area contributed by atoms with Gasteiger partial charge in [0.25, 0.3) is 5.91 Å². The standard InChI is InChI=1S/C21H26N2O3/c1-15(24)23(5)17-12-10-16(11-13-17)22-20(25)14-26-19-9-7-6-8-18(19)21(2,3)4/h6-13H,14H2,1-5H3,(H,22,25). The van der Waals surface area contributed by atoms with E-state index >= 15 is 0 Å². The lowest BCUT2D eigenvalue weighted by Gasteiger charge is -2.22. The van der Waals surface area contributed by atoms with Gasteiger partial charge in [0.2, 0.25) is 5.91 Å². The lowest BCUT2D eigenvalue weighted by Crippen LogP contribution is -2.23. The van der Waals surface area contributed by atoms with Gasteiger partial charge in [-0.1, -0.05) is 39.0 Å². The van der Waals surface area contributed by atoms with E-state index in [9.17, 15) is 9.59 Å². The molecule has 0 unspecified atom stereocenters. The summed E-state index contributed by atoms with van der Waals surface area (Å²) >= 11 is 0. The molecular weight excluding hydrogens is 328 g/mol. The van der Waals surface area contributed by atoms with Gasteiger partial charge in [-0.15, -0.1) is 0 Å². The maximum atomic E-state index is 12.2. The zero-order chi connectivity index (χ0) is 19.3. The Morgan fingerprint density at radius 1 is 1.04 bits per heavy atom. The molecule has 2 rings (SSSR count). The fraction of sp³-hybridized carbons (Fsp3) is 0.333. The average Bonchev–Trinajstić information content (AvgIpc) is 2.59. The second-order valence-electron chi connectivity index (χ2n) is 7.21. The van der Waals surface area contributed by atoms with E-state index in [2.05, 4.69) is 26.1 Å². The molecule has 2 amide bonds. The Labute approximate surface area is 155 Å². The van der Waals surface area contributed by atoms with Gasteiger partial charge in [-0.2, -0.15) is 0 Å². The highest BCUT2D eigenvalue weighted by atomic mass is 16.5. The summed E-state index contributed by atoms with van der Waals surface area (Å²) in [6.07, 6.45) is 0. The van der Waals surface area contributed by atoms with Crippen LogP contribution in [0.3, 0.4) is 0 Å². The zero-order valence-corrected chi connectivity index (χ0v) is 16.0. The summed E-state index contributed by atoms with van der Waals surface area (Å²) in [6.45, 7) is 7.75. The van der Waals surface area contributed by atoms with Crippen molar-refractivity contribution in [2.75, 3.05) is 23.9 Å². The molecule has 0 bridgehead atoms. The molecule has 2 aromatic carbocycles. The average molecular weight is 354 g/mol. The fourth-order valence-electron chi connectivity index (χ4n) is 2.50. The zero-order valence-electron chi connectivity index (χ0n) is 16.0. The summed E-state index contributed by atoms with van der Waals surface area (Å²) in [5.41, 5.74) is 2.42. The van der Waals surface area contributed by atoms with Crippen molar-refractivity contribution in [2.24, 2.45) is 0 Å². The number of carbonyl (C=O) groups excluding carboxylic acids is 2. The quantitative estimate of drug-likeness (QED) is 0.883. The molecule has 0 heterocycles. The van der Waals surface area contributed by atoms with Crippen LogP contribution in [0, 0.1) is 0 Å². The Kier molecular flexibility index (Phi) is 6.03. The number of anilines is 2. The van der Waals surface area contributed by atoms with E-state index in [-0.39, 0.29) is 23.8 Å². The van der Waals surface area contributed by atoms with Gasteiger partial charge in [0.15, 0.2) is 6.61 Å². The predicted octanol–water partition coefficient (Wildman–Crippen LogP) is 3.98. The van der Waals surface area contributed by atoms with E-state index in [0.717, 1.165) is 11.3 Å². The molecule has 0 spiro atoms. The summed E-state index contributed by atoms with van der Waals surface area (Å²) in [7, 11) is 1.70. The van der Waals surface area contributed by atoms with E-state index in [1.165, 1.54) is 11.8 Å². The van der Waals surface area contributed by atoms with E-state index in [0.29, 0.717) is 11.4 Å². The van der Waals surface area contributed by atoms with Gasteiger partial charge in [-0.25, -0.2) is 0 Å².